The molecule has 0 fully saturated rings. The van der Waals surface area contributed by atoms with Gasteiger partial charge in [0.25, 0.3) is 0 Å². The molecule has 0 atom stereocenters. The van der Waals surface area contributed by atoms with E-state index >= 15 is 0 Å². The summed E-state index contributed by atoms with van der Waals surface area (Å²) in [4.78, 5) is 17.2. The maximum absolute atomic E-state index is 6.65. The molecule has 10 heteroatoms. The molecule has 0 saturated heterocycles. The third kappa shape index (κ3) is 3.93. The van der Waals surface area contributed by atoms with Crippen LogP contribution in [0, 0.1) is 6.92 Å². The van der Waals surface area contributed by atoms with Gasteiger partial charge in [0.15, 0.2) is 0 Å². The Balaban J connectivity index is 1.79. The number of nitrogens with zero attached hydrogens (tertiary/aromatic N) is 6. The fraction of sp³-hybridized carbons (Fsp3) is 0.348. The summed E-state index contributed by atoms with van der Waals surface area (Å²) in [5.41, 5.74) is 16.4. The van der Waals surface area contributed by atoms with Crippen LogP contribution in [0.2, 0.25) is 0 Å². The SMILES string of the molecule is COc1nc(-c2cnc(C)n2C)ccc1N1C(N)=NC=C2C=CN(CC(C)(C)OC)C(N)=C21. The first-order valence-electron chi connectivity index (χ1n) is 10.5. The summed E-state index contributed by atoms with van der Waals surface area (Å²) < 4.78 is 13.2. The monoisotopic (exact) mass is 450 g/mol. The van der Waals surface area contributed by atoms with Gasteiger partial charge in [-0.2, -0.15) is 0 Å². The highest BCUT2D eigenvalue weighted by Crippen LogP contribution is 2.38. The lowest BCUT2D eigenvalue weighted by Gasteiger charge is -2.38. The van der Waals surface area contributed by atoms with Crippen molar-refractivity contribution in [3.05, 3.63) is 59.7 Å². The average Bonchev–Trinajstić information content (AvgIpc) is 3.13. The van der Waals surface area contributed by atoms with Crippen LogP contribution in [-0.4, -0.2) is 51.8 Å². The van der Waals surface area contributed by atoms with Crippen LogP contribution in [0.15, 0.2) is 58.9 Å². The van der Waals surface area contributed by atoms with Gasteiger partial charge in [-0.05, 0) is 39.0 Å². The number of imidazole rings is 1. The Bertz CT molecular complexity index is 1210. The molecular weight excluding hydrogens is 420 g/mol. The molecule has 0 aromatic carbocycles. The third-order valence-electron chi connectivity index (χ3n) is 5.91. The van der Waals surface area contributed by atoms with Gasteiger partial charge in [-0.25, -0.2) is 15.0 Å². The maximum atomic E-state index is 6.65. The number of hydrogen-bond donors (Lipinski definition) is 2. The minimum absolute atomic E-state index is 0.266. The molecule has 2 aromatic heterocycles. The molecule has 4 rings (SSSR count). The number of hydrogen-bond acceptors (Lipinski definition) is 9. The van der Waals surface area contributed by atoms with Crippen molar-refractivity contribution in [2.45, 2.75) is 26.4 Å². The van der Waals surface area contributed by atoms with E-state index in [0.717, 1.165) is 22.8 Å². The number of pyridine rings is 1. The van der Waals surface area contributed by atoms with E-state index in [1.807, 2.05) is 61.7 Å². The van der Waals surface area contributed by atoms with Crippen molar-refractivity contribution in [1.82, 2.24) is 19.4 Å². The molecule has 0 aliphatic carbocycles. The Morgan fingerprint density at radius 3 is 2.55 bits per heavy atom. The zero-order valence-corrected chi connectivity index (χ0v) is 19.8. The standard InChI is InChI=1S/C23H30N8O2/c1-14-26-12-18(29(14)4)16-7-8-17(21(28-16)32-5)31-19-15(11-27-22(31)25)9-10-30(20(19)24)13-23(2,3)33-6/h7-12H,13,24H2,1-6H3,(H2,25,27). The Morgan fingerprint density at radius 2 is 1.91 bits per heavy atom. The molecule has 174 valence electrons. The molecule has 10 nitrogen and oxygen atoms in total. The number of rotatable bonds is 6. The van der Waals surface area contributed by atoms with Crippen LogP contribution in [0.4, 0.5) is 5.69 Å². The van der Waals surface area contributed by atoms with E-state index in [1.165, 1.54) is 0 Å². The number of ether oxygens (including phenoxy) is 2. The highest BCUT2D eigenvalue weighted by molar-refractivity contribution is 6.02. The number of aromatic nitrogens is 3. The largest absolute Gasteiger partial charge is 0.479 e. The molecule has 2 aliphatic heterocycles. The van der Waals surface area contributed by atoms with Gasteiger partial charge in [0.05, 0.1) is 42.5 Å². The Hall–Kier alpha value is -3.79. The molecule has 2 aromatic rings. The number of fused-ring (bicyclic) bond motifs is 1. The molecule has 0 bridgehead atoms. The van der Waals surface area contributed by atoms with Crippen LogP contribution in [-0.2, 0) is 11.8 Å². The van der Waals surface area contributed by atoms with Crippen LogP contribution in [0.1, 0.15) is 19.7 Å². The van der Waals surface area contributed by atoms with Gasteiger partial charge in [-0.3, -0.25) is 4.90 Å². The van der Waals surface area contributed by atoms with Crippen LogP contribution in [0.3, 0.4) is 0 Å². The zero-order chi connectivity index (χ0) is 23.9. The molecule has 0 spiro atoms. The quantitative estimate of drug-likeness (QED) is 0.687. The number of methoxy groups -OCH3 is 2. The number of guanidine groups is 1. The van der Waals surface area contributed by atoms with Crippen molar-refractivity contribution in [2.24, 2.45) is 23.5 Å². The summed E-state index contributed by atoms with van der Waals surface area (Å²) in [5.74, 6) is 2.08. The molecule has 0 unspecified atom stereocenters. The molecule has 2 aliphatic rings. The first kappa shape index (κ1) is 22.4. The fourth-order valence-electron chi connectivity index (χ4n) is 3.76. The van der Waals surface area contributed by atoms with Crippen LogP contribution in [0.25, 0.3) is 11.4 Å². The highest BCUT2D eigenvalue weighted by Gasteiger charge is 2.33. The van der Waals surface area contributed by atoms with Gasteiger partial charge >= 0.3 is 0 Å². The normalized spacial score (nSPS) is 16.1. The molecule has 0 saturated carbocycles. The lowest BCUT2D eigenvalue weighted by Crippen LogP contribution is -2.46. The van der Waals surface area contributed by atoms with Gasteiger partial charge in [-0.15, -0.1) is 0 Å². The van der Waals surface area contributed by atoms with Gasteiger partial charge in [-0.1, -0.05) is 0 Å². The lowest BCUT2D eigenvalue weighted by atomic mass is 10.0. The van der Waals surface area contributed by atoms with Crippen molar-refractivity contribution in [3.63, 3.8) is 0 Å². The number of nitrogens with two attached hydrogens (primary N) is 2. The van der Waals surface area contributed by atoms with E-state index < -0.39 is 5.60 Å². The van der Waals surface area contributed by atoms with E-state index in [0.29, 0.717) is 29.6 Å². The second-order valence-electron chi connectivity index (χ2n) is 8.52. The smallest absolute Gasteiger partial charge is 0.238 e. The van der Waals surface area contributed by atoms with E-state index in [4.69, 9.17) is 25.9 Å². The van der Waals surface area contributed by atoms with Crippen molar-refractivity contribution in [1.29, 1.82) is 0 Å². The van der Waals surface area contributed by atoms with Crippen LogP contribution in [0.5, 0.6) is 5.88 Å². The minimum atomic E-state index is -0.405. The van der Waals surface area contributed by atoms with E-state index in [-0.39, 0.29) is 5.96 Å². The summed E-state index contributed by atoms with van der Waals surface area (Å²) in [6.45, 7) is 6.51. The first-order valence-corrected chi connectivity index (χ1v) is 10.5. The fourth-order valence-corrected chi connectivity index (χ4v) is 3.76. The van der Waals surface area contributed by atoms with Gasteiger partial charge in [0, 0.05) is 32.1 Å². The minimum Gasteiger partial charge on any atom is -0.479 e. The average molecular weight is 451 g/mol. The third-order valence-corrected chi connectivity index (χ3v) is 5.91. The van der Waals surface area contributed by atoms with E-state index in [9.17, 15) is 0 Å². The Kier molecular flexibility index (Phi) is 5.62. The number of allylic oxidation sites excluding steroid dienone is 1. The van der Waals surface area contributed by atoms with Gasteiger partial charge in [0.2, 0.25) is 11.8 Å². The molecule has 4 N–H and O–H groups in total. The Morgan fingerprint density at radius 1 is 1.15 bits per heavy atom. The van der Waals surface area contributed by atoms with E-state index in [1.54, 1.807) is 31.5 Å². The van der Waals surface area contributed by atoms with Crippen molar-refractivity contribution in [2.75, 3.05) is 25.7 Å². The summed E-state index contributed by atoms with van der Waals surface area (Å²) in [6.07, 6.45) is 7.36. The molecular formula is C23H30N8O2. The molecule has 4 heterocycles. The van der Waals surface area contributed by atoms with Crippen molar-refractivity contribution >= 4 is 11.6 Å². The van der Waals surface area contributed by atoms with Gasteiger partial charge < -0.3 is 30.4 Å². The summed E-state index contributed by atoms with van der Waals surface area (Å²) >= 11 is 0. The summed E-state index contributed by atoms with van der Waals surface area (Å²) in [5, 5.41) is 0. The number of anilines is 1. The second kappa shape index (κ2) is 8.28. The summed E-state index contributed by atoms with van der Waals surface area (Å²) in [7, 11) is 5.20. The van der Waals surface area contributed by atoms with Crippen LogP contribution >= 0.6 is 0 Å². The predicted molar refractivity (Wildman–Crippen MR) is 128 cm³/mol. The second-order valence-corrected chi connectivity index (χ2v) is 8.52. The highest BCUT2D eigenvalue weighted by atomic mass is 16.5. The number of aryl methyl sites for hydroxylation is 1. The zero-order valence-electron chi connectivity index (χ0n) is 19.8. The maximum Gasteiger partial charge on any atom is 0.238 e. The Labute approximate surface area is 193 Å². The molecule has 33 heavy (non-hydrogen) atoms. The van der Waals surface area contributed by atoms with Gasteiger partial charge in [0.1, 0.15) is 17.3 Å². The first-order chi connectivity index (χ1) is 15.7. The van der Waals surface area contributed by atoms with Crippen molar-refractivity contribution < 1.29 is 9.47 Å². The van der Waals surface area contributed by atoms with Crippen molar-refractivity contribution in [3.8, 4) is 17.3 Å². The lowest BCUT2D eigenvalue weighted by molar-refractivity contribution is 0.00703. The summed E-state index contributed by atoms with van der Waals surface area (Å²) in [6, 6.07) is 3.80. The van der Waals surface area contributed by atoms with E-state index in [2.05, 4.69) is 9.98 Å². The molecule has 0 radical (unpaired) electrons. The topological polar surface area (TPSA) is 120 Å². The molecule has 0 amide bonds. The predicted octanol–water partition coefficient (Wildman–Crippen LogP) is 2.20. The van der Waals surface area contributed by atoms with Crippen LogP contribution < -0.4 is 21.1 Å². The number of aliphatic imine (C=N–C) groups is 1.